The molecule has 0 spiro atoms. The Morgan fingerprint density at radius 1 is 1.33 bits per heavy atom. The lowest BCUT2D eigenvalue weighted by molar-refractivity contribution is -0.143. The number of likely N-dealkylation sites (tertiary alicyclic amines) is 1. The largest absolute Gasteiger partial charge is 0.497 e. The summed E-state index contributed by atoms with van der Waals surface area (Å²) < 4.78 is 42.2. The predicted molar refractivity (Wildman–Crippen MR) is 75.4 cm³/mol. The molecule has 1 aromatic rings. The Morgan fingerprint density at radius 3 is 2.57 bits per heavy atom. The summed E-state index contributed by atoms with van der Waals surface area (Å²) in [5.41, 5.74) is 1.10. The van der Waals surface area contributed by atoms with Crippen molar-refractivity contribution in [3.8, 4) is 5.75 Å². The van der Waals surface area contributed by atoms with Crippen LogP contribution in [0.25, 0.3) is 0 Å². The molecule has 1 aliphatic heterocycles. The Balaban J connectivity index is 1.84. The molecular formula is C15H21F3N2O. The zero-order valence-corrected chi connectivity index (χ0v) is 12.3. The van der Waals surface area contributed by atoms with Gasteiger partial charge in [-0.1, -0.05) is 12.1 Å². The second kappa shape index (κ2) is 6.66. The summed E-state index contributed by atoms with van der Waals surface area (Å²) in [7, 11) is 1.62. The van der Waals surface area contributed by atoms with Crippen molar-refractivity contribution in [2.45, 2.75) is 31.6 Å². The summed E-state index contributed by atoms with van der Waals surface area (Å²) in [6.07, 6.45) is -3.37. The van der Waals surface area contributed by atoms with Crippen molar-refractivity contribution in [2.24, 2.45) is 0 Å². The van der Waals surface area contributed by atoms with Gasteiger partial charge in [0.2, 0.25) is 0 Å². The lowest BCUT2D eigenvalue weighted by Crippen LogP contribution is -2.37. The third kappa shape index (κ3) is 4.89. The van der Waals surface area contributed by atoms with Gasteiger partial charge in [-0.25, -0.2) is 0 Å². The molecule has 0 radical (unpaired) electrons. The lowest BCUT2D eigenvalue weighted by Gasteiger charge is -2.21. The molecule has 118 valence electrons. The van der Waals surface area contributed by atoms with Crippen LogP contribution in [0.15, 0.2) is 24.3 Å². The second-order valence-electron chi connectivity index (χ2n) is 5.50. The molecule has 21 heavy (non-hydrogen) atoms. The zero-order valence-electron chi connectivity index (χ0n) is 12.3. The van der Waals surface area contributed by atoms with Gasteiger partial charge in [0.1, 0.15) is 5.75 Å². The van der Waals surface area contributed by atoms with Gasteiger partial charge in [0, 0.05) is 25.2 Å². The maximum Gasteiger partial charge on any atom is 0.401 e. The maximum atomic E-state index is 12.4. The van der Waals surface area contributed by atoms with E-state index in [1.807, 2.05) is 31.2 Å². The van der Waals surface area contributed by atoms with E-state index in [9.17, 15) is 13.2 Å². The minimum Gasteiger partial charge on any atom is -0.497 e. The van der Waals surface area contributed by atoms with Gasteiger partial charge in [-0.3, -0.25) is 4.90 Å². The van der Waals surface area contributed by atoms with Crippen LogP contribution in [0, 0.1) is 0 Å². The first-order valence-electron chi connectivity index (χ1n) is 7.06. The molecule has 6 heteroatoms. The summed E-state index contributed by atoms with van der Waals surface area (Å²) in [4.78, 5) is 1.46. The molecule has 1 aromatic carbocycles. The van der Waals surface area contributed by atoms with Gasteiger partial charge >= 0.3 is 6.18 Å². The van der Waals surface area contributed by atoms with Crippen molar-refractivity contribution in [1.82, 2.24) is 10.2 Å². The van der Waals surface area contributed by atoms with Crippen LogP contribution in [0.3, 0.4) is 0 Å². The fourth-order valence-corrected chi connectivity index (χ4v) is 2.71. The SMILES string of the molecule is COc1ccc([C@H](C)N[C@H]2CCN(CC(F)(F)F)C2)cc1. The van der Waals surface area contributed by atoms with Crippen LogP contribution in [-0.2, 0) is 0 Å². The number of methoxy groups -OCH3 is 1. The monoisotopic (exact) mass is 302 g/mol. The van der Waals surface area contributed by atoms with Crippen molar-refractivity contribution in [1.29, 1.82) is 0 Å². The van der Waals surface area contributed by atoms with E-state index in [1.54, 1.807) is 7.11 Å². The molecule has 0 unspecified atom stereocenters. The molecule has 3 nitrogen and oxygen atoms in total. The van der Waals surface area contributed by atoms with Crippen LogP contribution >= 0.6 is 0 Å². The molecule has 0 amide bonds. The summed E-state index contributed by atoms with van der Waals surface area (Å²) in [5.74, 6) is 0.795. The molecule has 0 aromatic heterocycles. The molecule has 0 bridgehead atoms. The van der Waals surface area contributed by atoms with Gasteiger partial charge in [-0.05, 0) is 31.0 Å². The van der Waals surface area contributed by atoms with Gasteiger partial charge in [-0.2, -0.15) is 13.2 Å². The minimum absolute atomic E-state index is 0.101. The molecule has 1 N–H and O–H groups in total. The summed E-state index contributed by atoms with van der Waals surface area (Å²) in [6.45, 7) is 2.14. The zero-order chi connectivity index (χ0) is 15.5. The Bertz CT molecular complexity index is 447. The molecule has 2 atom stereocenters. The average Bonchev–Trinajstić information content (AvgIpc) is 2.83. The molecule has 0 saturated carbocycles. The number of nitrogens with one attached hydrogen (secondary N) is 1. The number of benzene rings is 1. The Hall–Kier alpha value is -1.27. The molecule has 1 aliphatic rings. The predicted octanol–water partition coefficient (Wildman–Crippen LogP) is 2.98. The van der Waals surface area contributed by atoms with Crippen LogP contribution in [0.2, 0.25) is 0 Å². The van der Waals surface area contributed by atoms with Crippen molar-refractivity contribution in [3.63, 3.8) is 0 Å². The second-order valence-corrected chi connectivity index (χ2v) is 5.50. The summed E-state index contributed by atoms with van der Waals surface area (Å²) in [5, 5.41) is 3.40. The molecule has 0 aliphatic carbocycles. The minimum atomic E-state index is -4.11. The van der Waals surface area contributed by atoms with Crippen LogP contribution in [0.5, 0.6) is 5.75 Å². The molecule has 1 heterocycles. The van der Waals surface area contributed by atoms with Crippen molar-refractivity contribution >= 4 is 0 Å². The van der Waals surface area contributed by atoms with E-state index in [0.717, 1.165) is 17.7 Å². The van der Waals surface area contributed by atoms with Gasteiger partial charge in [0.05, 0.1) is 13.7 Å². The smallest absolute Gasteiger partial charge is 0.401 e. The highest BCUT2D eigenvalue weighted by atomic mass is 19.4. The number of hydrogen-bond donors (Lipinski definition) is 1. The van der Waals surface area contributed by atoms with Crippen LogP contribution in [0.4, 0.5) is 13.2 Å². The van der Waals surface area contributed by atoms with E-state index < -0.39 is 12.7 Å². The highest BCUT2D eigenvalue weighted by Crippen LogP contribution is 2.22. The normalized spacial score (nSPS) is 21.5. The fraction of sp³-hybridized carbons (Fsp3) is 0.600. The molecular weight excluding hydrogens is 281 g/mol. The van der Waals surface area contributed by atoms with Crippen molar-refractivity contribution in [3.05, 3.63) is 29.8 Å². The Morgan fingerprint density at radius 2 is 2.00 bits per heavy atom. The first kappa shape index (κ1) is 16.1. The third-order valence-corrected chi connectivity index (χ3v) is 3.78. The lowest BCUT2D eigenvalue weighted by atomic mass is 10.1. The summed E-state index contributed by atoms with van der Waals surface area (Å²) >= 11 is 0. The number of nitrogens with zero attached hydrogens (tertiary/aromatic N) is 1. The van der Waals surface area contributed by atoms with Crippen LogP contribution in [0.1, 0.15) is 24.9 Å². The number of alkyl halides is 3. The highest BCUT2D eigenvalue weighted by Gasteiger charge is 2.34. The quantitative estimate of drug-likeness (QED) is 0.905. The highest BCUT2D eigenvalue weighted by molar-refractivity contribution is 5.28. The average molecular weight is 302 g/mol. The molecule has 1 saturated heterocycles. The standard InChI is InChI=1S/C15H21F3N2O/c1-11(12-3-5-14(21-2)6-4-12)19-13-7-8-20(9-13)10-15(16,17)18/h3-6,11,13,19H,7-10H2,1-2H3/t11-,13-/m0/s1. The van der Waals surface area contributed by atoms with E-state index in [2.05, 4.69) is 5.32 Å². The first-order valence-corrected chi connectivity index (χ1v) is 7.06. The van der Waals surface area contributed by atoms with E-state index in [-0.39, 0.29) is 12.1 Å². The van der Waals surface area contributed by atoms with Gasteiger partial charge in [-0.15, -0.1) is 0 Å². The Kier molecular flexibility index (Phi) is 5.11. The van der Waals surface area contributed by atoms with Crippen LogP contribution < -0.4 is 10.1 Å². The van der Waals surface area contributed by atoms with Gasteiger partial charge in [0.25, 0.3) is 0 Å². The van der Waals surface area contributed by atoms with Gasteiger partial charge < -0.3 is 10.1 Å². The van der Waals surface area contributed by atoms with E-state index in [0.29, 0.717) is 13.1 Å². The summed E-state index contributed by atoms with van der Waals surface area (Å²) in [6, 6.07) is 7.92. The maximum absolute atomic E-state index is 12.4. The third-order valence-electron chi connectivity index (χ3n) is 3.78. The number of hydrogen-bond acceptors (Lipinski definition) is 3. The van der Waals surface area contributed by atoms with E-state index in [4.69, 9.17) is 4.74 Å². The van der Waals surface area contributed by atoms with Gasteiger partial charge in [0.15, 0.2) is 0 Å². The topological polar surface area (TPSA) is 24.5 Å². The van der Waals surface area contributed by atoms with E-state index >= 15 is 0 Å². The van der Waals surface area contributed by atoms with E-state index in [1.165, 1.54) is 4.90 Å². The fourth-order valence-electron chi connectivity index (χ4n) is 2.71. The molecule has 2 rings (SSSR count). The molecule has 1 fully saturated rings. The van der Waals surface area contributed by atoms with Crippen molar-refractivity contribution < 1.29 is 17.9 Å². The first-order chi connectivity index (χ1) is 9.87. The van der Waals surface area contributed by atoms with Crippen molar-refractivity contribution in [2.75, 3.05) is 26.7 Å². The Labute approximate surface area is 123 Å². The number of rotatable bonds is 5. The number of ether oxygens (including phenoxy) is 1. The number of halogens is 3. The van der Waals surface area contributed by atoms with Crippen LogP contribution in [-0.4, -0.2) is 43.9 Å².